The predicted octanol–water partition coefficient (Wildman–Crippen LogP) is 4.93. The molecule has 2 amide bonds. The first-order valence-electron chi connectivity index (χ1n) is 10.5. The molecule has 0 aliphatic carbocycles. The normalized spacial score (nSPS) is 10.7. The molecular formula is C25H22ClN5O2S. The fourth-order valence-electron chi connectivity index (χ4n) is 3.36. The van der Waals surface area contributed by atoms with Crippen molar-refractivity contribution in [3.05, 3.63) is 95.8 Å². The summed E-state index contributed by atoms with van der Waals surface area (Å²) < 4.78 is 1.81. The molecule has 2 N–H and O–H groups in total. The van der Waals surface area contributed by atoms with Gasteiger partial charge in [-0.3, -0.25) is 9.59 Å². The number of nitrogens with zero attached hydrogens (tertiary/aromatic N) is 3. The van der Waals surface area contributed by atoms with Crippen LogP contribution in [0.5, 0.6) is 0 Å². The Morgan fingerprint density at radius 2 is 1.79 bits per heavy atom. The molecule has 7 nitrogen and oxygen atoms in total. The number of anilines is 1. The van der Waals surface area contributed by atoms with Gasteiger partial charge in [0.25, 0.3) is 5.91 Å². The highest BCUT2D eigenvalue weighted by Crippen LogP contribution is 2.21. The molecule has 0 aliphatic rings. The molecule has 0 bridgehead atoms. The van der Waals surface area contributed by atoms with Crippen molar-refractivity contribution in [3.8, 4) is 0 Å². The van der Waals surface area contributed by atoms with E-state index in [0.29, 0.717) is 28.1 Å². The Kier molecular flexibility index (Phi) is 7.61. The number of halogens is 1. The maximum Gasteiger partial charge on any atom is 0.253 e. The Morgan fingerprint density at radius 1 is 1.03 bits per heavy atom. The first-order chi connectivity index (χ1) is 16.5. The lowest BCUT2D eigenvalue weighted by Gasteiger charge is -2.10. The third-order valence-electron chi connectivity index (χ3n) is 5.00. The van der Waals surface area contributed by atoms with Crippen molar-refractivity contribution in [1.82, 2.24) is 20.1 Å². The SMILES string of the molecule is C=CCn1c(CNC(=O)c2ccccc2Cl)nnc1SCC(=O)Nc1ccc2ccccc2c1. The van der Waals surface area contributed by atoms with Crippen LogP contribution in [0.2, 0.25) is 5.02 Å². The smallest absolute Gasteiger partial charge is 0.253 e. The van der Waals surface area contributed by atoms with Crippen molar-refractivity contribution in [3.63, 3.8) is 0 Å². The van der Waals surface area contributed by atoms with Crippen LogP contribution in [0.15, 0.2) is 84.5 Å². The van der Waals surface area contributed by atoms with Crippen LogP contribution in [0.1, 0.15) is 16.2 Å². The Morgan fingerprint density at radius 3 is 2.59 bits per heavy atom. The molecule has 0 spiro atoms. The van der Waals surface area contributed by atoms with Crippen molar-refractivity contribution in [2.45, 2.75) is 18.2 Å². The number of thioether (sulfide) groups is 1. The number of nitrogens with one attached hydrogen (secondary N) is 2. The van der Waals surface area contributed by atoms with Crippen molar-refractivity contribution >= 4 is 51.6 Å². The molecule has 0 saturated carbocycles. The standard InChI is InChI=1S/C25H22ClN5O2S/c1-2-13-31-22(15-27-24(33)20-9-5-6-10-21(20)26)29-30-25(31)34-16-23(32)28-19-12-11-17-7-3-4-8-18(17)14-19/h2-12,14H,1,13,15-16H2,(H,27,33)(H,28,32). The summed E-state index contributed by atoms with van der Waals surface area (Å²) in [6.45, 7) is 4.38. The van der Waals surface area contributed by atoms with Gasteiger partial charge in [-0.05, 0) is 35.0 Å². The second kappa shape index (κ2) is 11.0. The summed E-state index contributed by atoms with van der Waals surface area (Å²) in [6.07, 6.45) is 1.71. The Bertz CT molecular complexity index is 1350. The highest BCUT2D eigenvalue weighted by Gasteiger charge is 2.16. The average molecular weight is 492 g/mol. The van der Waals surface area contributed by atoms with E-state index in [1.54, 1.807) is 30.3 Å². The quantitative estimate of drug-likeness (QED) is 0.256. The van der Waals surface area contributed by atoms with Gasteiger partial charge in [-0.15, -0.1) is 16.8 Å². The monoisotopic (exact) mass is 491 g/mol. The van der Waals surface area contributed by atoms with E-state index in [-0.39, 0.29) is 24.1 Å². The molecule has 0 atom stereocenters. The summed E-state index contributed by atoms with van der Waals surface area (Å²) in [7, 11) is 0. The van der Waals surface area contributed by atoms with E-state index in [9.17, 15) is 9.59 Å². The van der Waals surface area contributed by atoms with Crippen molar-refractivity contribution in [2.24, 2.45) is 0 Å². The fraction of sp³-hybridized carbons (Fsp3) is 0.120. The largest absolute Gasteiger partial charge is 0.345 e. The molecule has 4 aromatic rings. The maximum atomic E-state index is 12.5. The van der Waals surface area contributed by atoms with Crippen LogP contribution < -0.4 is 10.6 Å². The van der Waals surface area contributed by atoms with Crippen LogP contribution in [0.3, 0.4) is 0 Å². The molecule has 0 fully saturated rings. The zero-order chi connectivity index (χ0) is 23.9. The second-order valence-corrected chi connectivity index (χ2v) is 8.71. The number of allylic oxidation sites excluding steroid dienone is 1. The lowest BCUT2D eigenvalue weighted by atomic mass is 10.1. The number of hydrogen-bond donors (Lipinski definition) is 2. The van der Waals surface area contributed by atoms with E-state index in [0.717, 1.165) is 16.5 Å². The summed E-state index contributed by atoms with van der Waals surface area (Å²) in [4.78, 5) is 25.0. The summed E-state index contributed by atoms with van der Waals surface area (Å²) in [5.41, 5.74) is 1.12. The Hall–Kier alpha value is -3.62. The van der Waals surface area contributed by atoms with Crippen LogP contribution in [-0.2, 0) is 17.9 Å². The fourth-order valence-corrected chi connectivity index (χ4v) is 4.35. The first-order valence-corrected chi connectivity index (χ1v) is 11.9. The summed E-state index contributed by atoms with van der Waals surface area (Å²) >= 11 is 7.36. The minimum absolute atomic E-state index is 0.151. The van der Waals surface area contributed by atoms with Crippen molar-refractivity contribution < 1.29 is 9.59 Å². The number of amides is 2. The number of carbonyl (C=O) groups excluding carboxylic acids is 2. The van der Waals surface area contributed by atoms with Crippen LogP contribution in [0.4, 0.5) is 5.69 Å². The van der Waals surface area contributed by atoms with Gasteiger partial charge in [-0.1, -0.05) is 71.9 Å². The van der Waals surface area contributed by atoms with E-state index in [4.69, 9.17) is 11.6 Å². The zero-order valence-corrected chi connectivity index (χ0v) is 19.8. The van der Waals surface area contributed by atoms with E-state index >= 15 is 0 Å². The lowest BCUT2D eigenvalue weighted by molar-refractivity contribution is -0.113. The molecule has 0 radical (unpaired) electrons. The first kappa shape index (κ1) is 23.5. The van der Waals surface area contributed by atoms with Gasteiger partial charge in [0.15, 0.2) is 11.0 Å². The lowest BCUT2D eigenvalue weighted by Crippen LogP contribution is -2.25. The highest BCUT2D eigenvalue weighted by molar-refractivity contribution is 7.99. The van der Waals surface area contributed by atoms with Gasteiger partial charge in [-0.2, -0.15) is 0 Å². The summed E-state index contributed by atoms with van der Waals surface area (Å²) in [6, 6.07) is 20.6. The molecule has 34 heavy (non-hydrogen) atoms. The summed E-state index contributed by atoms with van der Waals surface area (Å²) in [5.74, 6) is 0.260. The zero-order valence-electron chi connectivity index (χ0n) is 18.2. The Labute approximate surface area is 206 Å². The van der Waals surface area contributed by atoms with Crippen molar-refractivity contribution in [2.75, 3.05) is 11.1 Å². The molecule has 1 aromatic heterocycles. The molecule has 172 valence electrons. The van der Waals surface area contributed by atoms with Gasteiger partial charge in [0.1, 0.15) is 0 Å². The predicted molar refractivity (Wildman–Crippen MR) is 136 cm³/mol. The number of benzene rings is 3. The van der Waals surface area contributed by atoms with E-state index in [1.165, 1.54) is 11.8 Å². The van der Waals surface area contributed by atoms with Gasteiger partial charge < -0.3 is 15.2 Å². The molecular weight excluding hydrogens is 470 g/mol. The van der Waals surface area contributed by atoms with Gasteiger partial charge in [0.2, 0.25) is 5.91 Å². The van der Waals surface area contributed by atoms with Crippen LogP contribution in [0.25, 0.3) is 10.8 Å². The number of rotatable bonds is 9. The number of hydrogen-bond acceptors (Lipinski definition) is 5. The molecule has 0 unspecified atom stereocenters. The number of aromatic nitrogens is 3. The second-order valence-electron chi connectivity index (χ2n) is 7.36. The Balaban J connectivity index is 1.37. The van der Waals surface area contributed by atoms with E-state index in [1.807, 2.05) is 47.0 Å². The van der Waals surface area contributed by atoms with E-state index in [2.05, 4.69) is 27.4 Å². The molecule has 0 aliphatic heterocycles. The summed E-state index contributed by atoms with van der Waals surface area (Å²) in [5, 5.41) is 17.2. The molecule has 0 saturated heterocycles. The molecule has 9 heteroatoms. The minimum atomic E-state index is -0.303. The van der Waals surface area contributed by atoms with Gasteiger partial charge in [0.05, 0.1) is 22.9 Å². The highest BCUT2D eigenvalue weighted by atomic mass is 35.5. The third kappa shape index (κ3) is 5.65. The molecule has 3 aromatic carbocycles. The van der Waals surface area contributed by atoms with Gasteiger partial charge >= 0.3 is 0 Å². The van der Waals surface area contributed by atoms with Crippen LogP contribution in [0, 0.1) is 0 Å². The minimum Gasteiger partial charge on any atom is -0.345 e. The van der Waals surface area contributed by atoms with Gasteiger partial charge in [-0.25, -0.2) is 0 Å². The molecule has 1 heterocycles. The number of fused-ring (bicyclic) bond motifs is 1. The van der Waals surface area contributed by atoms with Crippen LogP contribution in [-0.4, -0.2) is 32.3 Å². The number of carbonyl (C=O) groups is 2. The van der Waals surface area contributed by atoms with Crippen molar-refractivity contribution in [1.29, 1.82) is 0 Å². The topological polar surface area (TPSA) is 88.9 Å². The third-order valence-corrected chi connectivity index (χ3v) is 6.29. The molecule has 4 rings (SSSR count). The van der Waals surface area contributed by atoms with Crippen LogP contribution >= 0.6 is 23.4 Å². The maximum absolute atomic E-state index is 12.5. The average Bonchev–Trinajstić information content (AvgIpc) is 3.23. The van der Waals surface area contributed by atoms with E-state index < -0.39 is 0 Å². The van der Waals surface area contributed by atoms with Gasteiger partial charge in [0, 0.05) is 12.2 Å².